The summed E-state index contributed by atoms with van der Waals surface area (Å²) in [5, 5.41) is 0. The van der Waals surface area contributed by atoms with Crippen LogP contribution >= 0.6 is 15.9 Å². The van der Waals surface area contributed by atoms with Crippen molar-refractivity contribution in [2.75, 3.05) is 0 Å². The molecule has 6 heteroatoms. The molecule has 2 rings (SSSR count). The summed E-state index contributed by atoms with van der Waals surface area (Å²) in [7, 11) is 0. The quantitative estimate of drug-likeness (QED) is 0.780. The van der Waals surface area contributed by atoms with Crippen molar-refractivity contribution in [2.24, 2.45) is 0 Å². The Hall–Kier alpha value is -1.69. The third-order valence-corrected chi connectivity index (χ3v) is 3.58. The largest absolute Gasteiger partial charge is 0.458 e. The van der Waals surface area contributed by atoms with E-state index in [9.17, 15) is 9.18 Å². The van der Waals surface area contributed by atoms with Crippen molar-refractivity contribution in [3.63, 3.8) is 0 Å². The van der Waals surface area contributed by atoms with Crippen molar-refractivity contribution in [3.8, 4) is 0 Å². The first kappa shape index (κ1) is 15.7. The zero-order valence-corrected chi connectivity index (χ0v) is 13.6. The van der Waals surface area contributed by atoms with Crippen LogP contribution in [-0.2, 0) is 4.74 Å². The molecule has 0 spiro atoms. The lowest BCUT2D eigenvalue weighted by molar-refractivity contribution is 0.0361. The average Bonchev–Trinajstić information content (AvgIpc) is 2.73. The molecule has 2 aromatic rings. The number of carbonyl (C=O) groups excluding carboxylic acids is 1. The lowest BCUT2D eigenvalue weighted by atomic mass is 10.1. The van der Waals surface area contributed by atoms with Gasteiger partial charge in [0, 0.05) is 0 Å². The van der Waals surface area contributed by atoms with E-state index >= 15 is 0 Å². The lowest BCUT2D eigenvalue weighted by Gasteiger charge is -2.17. The normalized spacial score (nSPS) is 12.5. The van der Waals surface area contributed by atoms with Crippen LogP contribution < -0.4 is 0 Å². The SMILES string of the molecule is CC(C)OC(=O)c1c(Br)nc(F)n1[C@H](C)c1ccccc1. The molecule has 4 nitrogen and oxygen atoms in total. The first-order chi connectivity index (χ1) is 9.91. The van der Waals surface area contributed by atoms with Gasteiger partial charge in [0.25, 0.3) is 6.08 Å². The van der Waals surface area contributed by atoms with E-state index in [4.69, 9.17) is 4.74 Å². The fourth-order valence-corrected chi connectivity index (χ4v) is 2.57. The molecule has 0 bridgehead atoms. The van der Waals surface area contributed by atoms with Crippen LogP contribution in [0.3, 0.4) is 0 Å². The van der Waals surface area contributed by atoms with Gasteiger partial charge in [0.05, 0.1) is 12.1 Å². The van der Waals surface area contributed by atoms with Gasteiger partial charge in [-0.2, -0.15) is 9.37 Å². The Kier molecular flexibility index (Phi) is 4.77. The van der Waals surface area contributed by atoms with Crippen LogP contribution in [0.15, 0.2) is 34.9 Å². The summed E-state index contributed by atoms with van der Waals surface area (Å²) < 4.78 is 20.7. The molecule has 0 fully saturated rings. The molecular formula is C15H16BrFN2O2. The van der Waals surface area contributed by atoms with Crippen molar-refractivity contribution in [2.45, 2.75) is 32.9 Å². The third kappa shape index (κ3) is 3.32. The first-order valence-electron chi connectivity index (χ1n) is 6.61. The van der Waals surface area contributed by atoms with Crippen molar-refractivity contribution in [3.05, 3.63) is 52.3 Å². The molecule has 0 aliphatic heterocycles. The zero-order chi connectivity index (χ0) is 15.6. The van der Waals surface area contributed by atoms with Crippen LogP contribution in [-0.4, -0.2) is 21.6 Å². The number of hydrogen-bond donors (Lipinski definition) is 0. The van der Waals surface area contributed by atoms with Gasteiger partial charge in [-0.05, 0) is 42.3 Å². The number of nitrogens with zero attached hydrogens (tertiary/aromatic N) is 2. The topological polar surface area (TPSA) is 44.1 Å². The summed E-state index contributed by atoms with van der Waals surface area (Å²) in [5.74, 6) is -0.601. The van der Waals surface area contributed by atoms with Gasteiger partial charge >= 0.3 is 5.97 Å². The molecule has 1 aromatic heterocycles. The number of halogens is 2. The summed E-state index contributed by atoms with van der Waals surface area (Å²) in [5.41, 5.74) is 0.956. The maximum absolute atomic E-state index is 14.1. The molecule has 1 atom stereocenters. The molecule has 21 heavy (non-hydrogen) atoms. The number of imidazole rings is 1. The highest BCUT2D eigenvalue weighted by Crippen LogP contribution is 2.27. The van der Waals surface area contributed by atoms with Crippen molar-refractivity contribution < 1.29 is 13.9 Å². The van der Waals surface area contributed by atoms with E-state index in [2.05, 4.69) is 20.9 Å². The van der Waals surface area contributed by atoms with E-state index in [1.807, 2.05) is 30.3 Å². The molecule has 0 amide bonds. The fourth-order valence-electron chi connectivity index (χ4n) is 2.07. The van der Waals surface area contributed by atoms with Gasteiger partial charge in [0.1, 0.15) is 4.60 Å². The zero-order valence-electron chi connectivity index (χ0n) is 12.0. The van der Waals surface area contributed by atoms with Crippen LogP contribution in [0.4, 0.5) is 4.39 Å². The van der Waals surface area contributed by atoms with Crippen molar-refractivity contribution in [1.29, 1.82) is 0 Å². The Morgan fingerprint density at radius 1 is 1.29 bits per heavy atom. The second-order valence-corrected chi connectivity index (χ2v) is 5.68. The summed E-state index contributed by atoms with van der Waals surface area (Å²) in [4.78, 5) is 15.9. The number of hydrogen-bond acceptors (Lipinski definition) is 3. The first-order valence-corrected chi connectivity index (χ1v) is 7.40. The highest BCUT2D eigenvalue weighted by atomic mass is 79.9. The summed E-state index contributed by atoms with van der Waals surface area (Å²) in [6.07, 6.45) is -1.02. The number of esters is 1. The van der Waals surface area contributed by atoms with Gasteiger partial charge < -0.3 is 4.74 Å². The predicted molar refractivity (Wildman–Crippen MR) is 80.7 cm³/mol. The predicted octanol–water partition coefficient (Wildman–Crippen LogP) is 3.96. The molecular weight excluding hydrogens is 339 g/mol. The molecule has 1 aromatic carbocycles. The van der Waals surface area contributed by atoms with E-state index in [1.165, 1.54) is 4.57 Å². The molecule has 0 N–H and O–H groups in total. The highest BCUT2D eigenvalue weighted by Gasteiger charge is 2.27. The van der Waals surface area contributed by atoms with Crippen LogP contribution in [0.1, 0.15) is 42.9 Å². The standard InChI is InChI=1S/C15H16BrFN2O2/c1-9(2)21-14(20)12-13(16)18-15(17)19(12)10(3)11-7-5-4-6-8-11/h4-10H,1-3H3/t10-/m1/s1. The monoisotopic (exact) mass is 354 g/mol. The smallest absolute Gasteiger partial charge is 0.358 e. The van der Waals surface area contributed by atoms with E-state index in [0.717, 1.165) is 5.56 Å². The maximum atomic E-state index is 14.1. The molecule has 112 valence electrons. The third-order valence-electron chi connectivity index (χ3n) is 3.03. The summed E-state index contributed by atoms with van der Waals surface area (Å²) in [6.45, 7) is 5.28. The molecule has 0 aliphatic rings. The number of ether oxygens (including phenoxy) is 1. The second-order valence-electron chi connectivity index (χ2n) is 4.93. The van der Waals surface area contributed by atoms with Crippen molar-refractivity contribution >= 4 is 21.9 Å². The highest BCUT2D eigenvalue weighted by molar-refractivity contribution is 9.10. The average molecular weight is 355 g/mol. The van der Waals surface area contributed by atoms with E-state index in [-0.39, 0.29) is 22.4 Å². The Bertz CT molecular complexity index is 641. The minimum Gasteiger partial charge on any atom is -0.458 e. The van der Waals surface area contributed by atoms with Crippen LogP contribution in [0, 0.1) is 6.08 Å². The van der Waals surface area contributed by atoms with E-state index in [1.54, 1.807) is 20.8 Å². The molecule has 0 radical (unpaired) electrons. The van der Waals surface area contributed by atoms with Crippen LogP contribution in [0.5, 0.6) is 0 Å². The van der Waals surface area contributed by atoms with Crippen molar-refractivity contribution in [1.82, 2.24) is 9.55 Å². The van der Waals surface area contributed by atoms with Crippen LogP contribution in [0.25, 0.3) is 0 Å². The van der Waals surface area contributed by atoms with Gasteiger partial charge in [0.15, 0.2) is 5.69 Å². The Morgan fingerprint density at radius 3 is 2.48 bits per heavy atom. The Balaban J connectivity index is 2.46. The van der Waals surface area contributed by atoms with E-state index in [0.29, 0.717) is 0 Å². The molecule has 1 heterocycles. The van der Waals surface area contributed by atoms with Crippen LogP contribution in [0.2, 0.25) is 0 Å². The fraction of sp³-hybridized carbons (Fsp3) is 0.333. The number of carbonyl (C=O) groups is 1. The number of rotatable bonds is 4. The Morgan fingerprint density at radius 2 is 1.90 bits per heavy atom. The van der Waals surface area contributed by atoms with Gasteiger partial charge in [-0.25, -0.2) is 4.79 Å². The van der Waals surface area contributed by atoms with E-state index < -0.39 is 12.0 Å². The lowest BCUT2D eigenvalue weighted by Crippen LogP contribution is -2.20. The molecule has 0 saturated carbocycles. The number of aromatic nitrogens is 2. The summed E-state index contributed by atoms with van der Waals surface area (Å²) in [6, 6.07) is 8.97. The Labute approximate surface area is 131 Å². The summed E-state index contributed by atoms with van der Waals surface area (Å²) >= 11 is 3.13. The molecule has 0 unspecified atom stereocenters. The number of benzene rings is 1. The van der Waals surface area contributed by atoms with Gasteiger partial charge in [-0.1, -0.05) is 30.3 Å². The van der Waals surface area contributed by atoms with Gasteiger partial charge in [-0.15, -0.1) is 0 Å². The van der Waals surface area contributed by atoms with Gasteiger partial charge in [0.2, 0.25) is 0 Å². The second kappa shape index (κ2) is 6.39. The maximum Gasteiger partial charge on any atom is 0.358 e. The van der Waals surface area contributed by atoms with Gasteiger partial charge in [-0.3, -0.25) is 4.57 Å². The minimum atomic E-state index is -0.728. The minimum absolute atomic E-state index is 0.0811. The molecule has 0 saturated heterocycles. The molecule has 0 aliphatic carbocycles.